The molecule has 2 unspecified atom stereocenters. The summed E-state index contributed by atoms with van der Waals surface area (Å²) in [6.45, 7) is 3.47. The van der Waals surface area contributed by atoms with E-state index in [4.69, 9.17) is 5.73 Å². The molecule has 2 atom stereocenters. The normalized spacial score (nSPS) is 21.8. The summed E-state index contributed by atoms with van der Waals surface area (Å²) >= 11 is 1.33. The highest BCUT2D eigenvalue weighted by Gasteiger charge is 2.30. The van der Waals surface area contributed by atoms with E-state index in [9.17, 15) is 4.79 Å². The average Bonchev–Trinajstić information content (AvgIpc) is 3.05. The van der Waals surface area contributed by atoms with Crippen LogP contribution in [0.2, 0.25) is 0 Å². The fourth-order valence-electron chi connectivity index (χ4n) is 2.77. The van der Waals surface area contributed by atoms with E-state index >= 15 is 0 Å². The Hall–Kier alpha value is -1.86. The molecule has 0 saturated carbocycles. The quantitative estimate of drug-likeness (QED) is 0.933. The third-order valence-electron chi connectivity index (χ3n) is 3.98. The van der Waals surface area contributed by atoms with Gasteiger partial charge in [-0.2, -0.15) is 0 Å². The molecule has 0 spiro atoms. The molecule has 1 aliphatic rings. The molecular weight excluding hydrogens is 298 g/mol. The van der Waals surface area contributed by atoms with Crippen molar-refractivity contribution < 1.29 is 4.79 Å². The van der Waals surface area contributed by atoms with Crippen molar-refractivity contribution in [3.8, 4) is 10.8 Å². The van der Waals surface area contributed by atoms with Crippen LogP contribution in [0.25, 0.3) is 10.8 Å². The summed E-state index contributed by atoms with van der Waals surface area (Å²) < 4.78 is 0. The second kappa shape index (κ2) is 6.50. The van der Waals surface area contributed by atoms with Crippen LogP contribution in [0.15, 0.2) is 24.7 Å². The summed E-state index contributed by atoms with van der Waals surface area (Å²) in [5.74, 6) is 1.18. The SMILES string of the molecule is CC1CCN(C(=O)c2cnc(-c3ncccn3)s2)C(CN)C1. The molecule has 2 aromatic rings. The third kappa shape index (κ3) is 3.00. The molecule has 1 aliphatic heterocycles. The Morgan fingerprint density at radius 2 is 2.18 bits per heavy atom. The van der Waals surface area contributed by atoms with Gasteiger partial charge in [0.1, 0.15) is 4.88 Å². The first-order valence-corrected chi connectivity index (χ1v) is 8.25. The maximum absolute atomic E-state index is 12.7. The molecule has 116 valence electrons. The zero-order valence-electron chi connectivity index (χ0n) is 12.5. The number of amides is 1. The monoisotopic (exact) mass is 317 g/mol. The van der Waals surface area contributed by atoms with Crippen LogP contribution in [-0.4, -0.2) is 44.9 Å². The number of piperidine rings is 1. The Bertz CT molecular complexity index is 644. The lowest BCUT2D eigenvalue weighted by molar-refractivity contribution is 0.0578. The predicted octanol–water partition coefficient (Wildman–Crippen LogP) is 1.80. The largest absolute Gasteiger partial charge is 0.334 e. The Kier molecular flexibility index (Phi) is 4.44. The molecule has 1 saturated heterocycles. The Morgan fingerprint density at radius 3 is 2.91 bits per heavy atom. The molecule has 2 N–H and O–H groups in total. The van der Waals surface area contributed by atoms with E-state index in [2.05, 4.69) is 21.9 Å². The van der Waals surface area contributed by atoms with E-state index in [0.29, 0.717) is 28.2 Å². The van der Waals surface area contributed by atoms with Crippen LogP contribution in [0.3, 0.4) is 0 Å². The molecule has 7 heteroatoms. The van der Waals surface area contributed by atoms with E-state index in [-0.39, 0.29) is 11.9 Å². The smallest absolute Gasteiger partial charge is 0.265 e. The molecule has 3 heterocycles. The zero-order valence-corrected chi connectivity index (χ0v) is 13.3. The van der Waals surface area contributed by atoms with Crippen molar-refractivity contribution in [2.45, 2.75) is 25.8 Å². The van der Waals surface area contributed by atoms with Crippen LogP contribution in [0.4, 0.5) is 0 Å². The molecule has 0 aromatic carbocycles. The maximum atomic E-state index is 12.7. The van der Waals surface area contributed by atoms with Crippen LogP contribution >= 0.6 is 11.3 Å². The summed E-state index contributed by atoms with van der Waals surface area (Å²) in [4.78, 5) is 27.9. The number of nitrogens with zero attached hydrogens (tertiary/aromatic N) is 4. The van der Waals surface area contributed by atoms with Crippen LogP contribution < -0.4 is 5.73 Å². The summed E-state index contributed by atoms with van der Waals surface area (Å²) in [6, 6.07) is 1.87. The first-order valence-electron chi connectivity index (χ1n) is 7.43. The highest BCUT2D eigenvalue weighted by Crippen LogP contribution is 2.27. The summed E-state index contributed by atoms with van der Waals surface area (Å²) in [7, 11) is 0. The lowest BCUT2D eigenvalue weighted by atomic mass is 9.92. The van der Waals surface area contributed by atoms with Gasteiger partial charge in [-0.3, -0.25) is 4.79 Å². The highest BCUT2D eigenvalue weighted by atomic mass is 32.1. The number of nitrogens with two attached hydrogens (primary N) is 1. The van der Waals surface area contributed by atoms with Crippen molar-refractivity contribution in [2.24, 2.45) is 11.7 Å². The van der Waals surface area contributed by atoms with Crippen molar-refractivity contribution in [1.29, 1.82) is 0 Å². The van der Waals surface area contributed by atoms with Gasteiger partial charge < -0.3 is 10.6 Å². The first-order chi connectivity index (χ1) is 10.7. The Labute approximate surface area is 133 Å². The lowest BCUT2D eigenvalue weighted by Gasteiger charge is -2.37. The molecule has 1 fully saturated rings. The molecule has 0 aliphatic carbocycles. The molecule has 6 nitrogen and oxygen atoms in total. The predicted molar refractivity (Wildman–Crippen MR) is 85.4 cm³/mol. The van der Waals surface area contributed by atoms with Crippen molar-refractivity contribution in [3.63, 3.8) is 0 Å². The fraction of sp³-hybridized carbons (Fsp3) is 0.467. The minimum Gasteiger partial charge on any atom is -0.334 e. The number of carbonyl (C=O) groups excluding carboxylic acids is 1. The van der Waals surface area contributed by atoms with Crippen molar-refractivity contribution in [3.05, 3.63) is 29.5 Å². The summed E-state index contributed by atoms with van der Waals surface area (Å²) in [6.07, 6.45) is 6.94. The van der Waals surface area contributed by atoms with Crippen molar-refractivity contribution >= 4 is 17.2 Å². The fourth-order valence-corrected chi connectivity index (χ4v) is 3.59. The number of likely N-dealkylation sites (tertiary alicyclic amines) is 1. The second-order valence-electron chi connectivity index (χ2n) is 5.62. The summed E-state index contributed by atoms with van der Waals surface area (Å²) in [5.41, 5.74) is 5.84. The van der Waals surface area contributed by atoms with Gasteiger partial charge in [-0.25, -0.2) is 15.0 Å². The van der Waals surface area contributed by atoms with Crippen LogP contribution in [-0.2, 0) is 0 Å². The van der Waals surface area contributed by atoms with E-state index in [1.165, 1.54) is 11.3 Å². The van der Waals surface area contributed by atoms with Crippen LogP contribution in [0, 0.1) is 5.92 Å². The highest BCUT2D eigenvalue weighted by molar-refractivity contribution is 7.16. The molecule has 0 radical (unpaired) electrons. The van der Waals surface area contributed by atoms with E-state index < -0.39 is 0 Å². The van der Waals surface area contributed by atoms with Gasteiger partial charge in [-0.15, -0.1) is 11.3 Å². The van der Waals surface area contributed by atoms with E-state index in [0.717, 1.165) is 19.4 Å². The van der Waals surface area contributed by atoms with Gasteiger partial charge >= 0.3 is 0 Å². The molecule has 0 bridgehead atoms. The number of hydrogen-bond donors (Lipinski definition) is 1. The van der Waals surface area contributed by atoms with Crippen molar-refractivity contribution in [2.75, 3.05) is 13.1 Å². The van der Waals surface area contributed by atoms with Crippen LogP contribution in [0.5, 0.6) is 0 Å². The molecule has 3 rings (SSSR count). The van der Waals surface area contributed by atoms with E-state index in [1.54, 1.807) is 24.7 Å². The van der Waals surface area contributed by atoms with Gasteiger partial charge in [0.15, 0.2) is 10.8 Å². The molecule has 2 aromatic heterocycles. The number of thiazole rings is 1. The number of aromatic nitrogens is 3. The standard InChI is InChI=1S/C15H19N5OS/c1-10-3-6-20(11(7-10)8-16)15(21)12-9-19-14(22-12)13-17-4-2-5-18-13/h2,4-5,9-11H,3,6-8,16H2,1H3. The Morgan fingerprint density at radius 1 is 1.41 bits per heavy atom. The number of rotatable bonds is 3. The van der Waals surface area contributed by atoms with Gasteiger partial charge in [0, 0.05) is 31.5 Å². The van der Waals surface area contributed by atoms with Gasteiger partial charge in [-0.05, 0) is 24.8 Å². The first kappa shape index (κ1) is 15.1. The second-order valence-corrected chi connectivity index (χ2v) is 6.65. The molecule has 1 amide bonds. The Balaban J connectivity index is 1.79. The average molecular weight is 317 g/mol. The zero-order chi connectivity index (χ0) is 15.5. The van der Waals surface area contributed by atoms with Crippen molar-refractivity contribution in [1.82, 2.24) is 19.9 Å². The van der Waals surface area contributed by atoms with Gasteiger partial charge in [0.05, 0.1) is 6.20 Å². The van der Waals surface area contributed by atoms with Gasteiger partial charge in [-0.1, -0.05) is 6.92 Å². The van der Waals surface area contributed by atoms with E-state index in [1.807, 2.05) is 4.90 Å². The molecule has 22 heavy (non-hydrogen) atoms. The summed E-state index contributed by atoms with van der Waals surface area (Å²) in [5, 5.41) is 0.665. The minimum absolute atomic E-state index is 0.0158. The van der Waals surface area contributed by atoms with Crippen LogP contribution in [0.1, 0.15) is 29.4 Å². The third-order valence-corrected chi connectivity index (χ3v) is 4.97. The molecular formula is C15H19N5OS. The minimum atomic E-state index is 0.0158. The van der Waals surface area contributed by atoms with Gasteiger partial charge in [0.2, 0.25) is 0 Å². The maximum Gasteiger partial charge on any atom is 0.265 e. The number of hydrogen-bond acceptors (Lipinski definition) is 6. The van der Waals surface area contributed by atoms with Gasteiger partial charge in [0.25, 0.3) is 5.91 Å². The number of carbonyl (C=O) groups is 1. The lowest BCUT2D eigenvalue weighted by Crippen LogP contribution is -2.49. The topological polar surface area (TPSA) is 85.0 Å².